The lowest BCUT2D eigenvalue weighted by Gasteiger charge is -2.35. The maximum Gasteiger partial charge on any atom is 0.320 e. The van der Waals surface area contributed by atoms with Crippen molar-refractivity contribution in [3.63, 3.8) is 0 Å². The average molecular weight is 663 g/mol. The molecular weight excluding hydrogens is 604 g/mol. The van der Waals surface area contributed by atoms with Gasteiger partial charge in [-0.2, -0.15) is 0 Å². The summed E-state index contributed by atoms with van der Waals surface area (Å²) in [5.74, 6) is -4.72. The third-order valence-corrected chi connectivity index (χ3v) is 7.31. The zero-order valence-corrected chi connectivity index (χ0v) is 28.5. The molecule has 1 heterocycles. The lowest BCUT2D eigenvalue weighted by Crippen LogP contribution is -2.52. The number of nitrogens with zero attached hydrogens (tertiary/aromatic N) is 4. The SMILES string of the molecule is CC.CC(C)(CN)COCC(C)(C)NC(=O)CCC(C(=O)O)N1CCN(CC(=O)O)CCN(CC(=O)O)CCN(CC(=O)O)CC1. The van der Waals surface area contributed by atoms with Crippen LogP contribution in [0.1, 0.15) is 54.4 Å². The Balaban J connectivity index is 0.00000991. The molecule has 0 aromatic carbocycles. The Morgan fingerprint density at radius 3 is 1.46 bits per heavy atom. The summed E-state index contributed by atoms with van der Waals surface area (Å²) in [5, 5.41) is 41.1. The van der Waals surface area contributed by atoms with Crippen LogP contribution in [0.4, 0.5) is 0 Å². The van der Waals surface area contributed by atoms with Gasteiger partial charge in [0.05, 0.1) is 38.4 Å². The topological polar surface area (TPSA) is 227 Å². The largest absolute Gasteiger partial charge is 0.480 e. The predicted molar refractivity (Wildman–Crippen MR) is 172 cm³/mol. The van der Waals surface area contributed by atoms with E-state index in [1.54, 1.807) is 33.4 Å². The van der Waals surface area contributed by atoms with Gasteiger partial charge in [0.15, 0.2) is 0 Å². The number of amides is 1. The highest BCUT2D eigenvalue weighted by atomic mass is 16.5. The van der Waals surface area contributed by atoms with Crippen molar-refractivity contribution in [3.8, 4) is 0 Å². The molecule has 7 N–H and O–H groups in total. The van der Waals surface area contributed by atoms with Crippen LogP contribution in [-0.2, 0) is 28.7 Å². The summed E-state index contributed by atoms with van der Waals surface area (Å²) >= 11 is 0. The van der Waals surface area contributed by atoms with Crippen LogP contribution in [0, 0.1) is 5.41 Å². The Morgan fingerprint density at radius 2 is 1.11 bits per heavy atom. The minimum Gasteiger partial charge on any atom is -0.480 e. The van der Waals surface area contributed by atoms with Gasteiger partial charge in [-0.15, -0.1) is 0 Å². The summed E-state index contributed by atoms with van der Waals surface area (Å²) < 4.78 is 5.76. The van der Waals surface area contributed by atoms with Crippen molar-refractivity contribution < 1.29 is 49.1 Å². The first-order valence-corrected chi connectivity index (χ1v) is 15.8. The van der Waals surface area contributed by atoms with Gasteiger partial charge in [-0.25, -0.2) is 0 Å². The number of carboxylic acids is 4. The molecule has 0 bridgehead atoms. The molecule has 1 aliphatic rings. The summed E-state index contributed by atoms with van der Waals surface area (Å²) in [5.41, 5.74) is 4.81. The Morgan fingerprint density at radius 1 is 0.717 bits per heavy atom. The second-order valence-corrected chi connectivity index (χ2v) is 12.7. The number of hydrogen-bond acceptors (Lipinski definition) is 11. The van der Waals surface area contributed by atoms with E-state index in [0.717, 1.165) is 0 Å². The minimum atomic E-state index is -1.15. The fraction of sp³-hybridized carbons (Fsp3) is 0.833. The molecule has 1 saturated heterocycles. The second kappa shape index (κ2) is 21.8. The van der Waals surface area contributed by atoms with E-state index in [2.05, 4.69) is 5.32 Å². The quantitative estimate of drug-likeness (QED) is 0.117. The third-order valence-electron chi connectivity index (χ3n) is 7.31. The number of hydrogen-bond donors (Lipinski definition) is 6. The summed E-state index contributed by atoms with van der Waals surface area (Å²) in [6.45, 7) is 13.2. The smallest absolute Gasteiger partial charge is 0.320 e. The van der Waals surface area contributed by atoms with E-state index in [9.17, 15) is 44.4 Å². The number of carboxylic acid groups (broad SMARTS) is 4. The van der Waals surface area contributed by atoms with E-state index < -0.39 is 35.5 Å². The van der Waals surface area contributed by atoms with Crippen molar-refractivity contribution in [2.45, 2.75) is 66.0 Å². The zero-order valence-electron chi connectivity index (χ0n) is 28.5. The molecule has 1 atom stereocenters. The van der Waals surface area contributed by atoms with Gasteiger partial charge in [-0.3, -0.25) is 43.6 Å². The van der Waals surface area contributed by atoms with E-state index in [4.69, 9.17) is 10.5 Å². The molecule has 268 valence electrons. The van der Waals surface area contributed by atoms with Crippen molar-refractivity contribution in [2.75, 3.05) is 91.8 Å². The molecule has 1 amide bonds. The fourth-order valence-electron chi connectivity index (χ4n) is 4.76. The first kappa shape index (κ1) is 43.1. The van der Waals surface area contributed by atoms with Crippen LogP contribution < -0.4 is 11.1 Å². The molecule has 1 fully saturated rings. The molecule has 0 spiro atoms. The molecule has 0 aromatic rings. The van der Waals surface area contributed by atoms with Crippen LogP contribution >= 0.6 is 0 Å². The first-order chi connectivity index (χ1) is 21.4. The highest BCUT2D eigenvalue weighted by molar-refractivity contribution is 5.79. The Kier molecular flexibility index (Phi) is 20.4. The third kappa shape index (κ3) is 19.6. The summed E-state index contributed by atoms with van der Waals surface area (Å²) in [6, 6.07) is -1.09. The number of carbonyl (C=O) groups excluding carboxylic acids is 1. The molecular formula is C30H58N6O10. The Labute approximate surface area is 272 Å². The van der Waals surface area contributed by atoms with E-state index in [-0.39, 0.29) is 103 Å². The monoisotopic (exact) mass is 662 g/mol. The van der Waals surface area contributed by atoms with E-state index >= 15 is 0 Å². The molecule has 1 aliphatic heterocycles. The van der Waals surface area contributed by atoms with Crippen LogP contribution in [0.5, 0.6) is 0 Å². The van der Waals surface area contributed by atoms with Crippen LogP contribution in [0.25, 0.3) is 0 Å². The molecule has 1 unspecified atom stereocenters. The molecule has 0 aromatic heterocycles. The molecule has 46 heavy (non-hydrogen) atoms. The standard InChI is InChI=1S/C28H52N6O10.C2H6/c1-27(2,18-29)19-44-20-28(3,4)30-22(35)6-5-21(26(42)43)34-13-11-32(16-24(38)39)9-7-31(15-23(36)37)8-10-33(12-14-34)17-25(40)41;1-2/h21H,5-20,29H2,1-4H3,(H,30,35)(H,36,37)(H,38,39)(H,40,41)(H,42,43);1-2H3. The van der Waals surface area contributed by atoms with Gasteiger partial charge in [-0.1, -0.05) is 27.7 Å². The highest BCUT2D eigenvalue weighted by Crippen LogP contribution is 2.15. The van der Waals surface area contributed by atoms with Gasteiger partial charge in [-0.05, 0) is 26.8 Å². The molecule has 0 saturated carbocycles. The van der Waals surface area contributed by atoms with Gasteiger partial charge >= 0.3 is 23.9 Å². The minimum absolute atomic E-state index is 0.0252. The molecule has 0 radical (unpaired) electrons. The number of nitrogens with two attached hydrogens (primary N) is 1. The van der Waals surface area contributed by atoms with Crippen molar-refractivity contribution in [3.05, 3.63) is 0 Å². The normalized spacial score (nSPS) is 17.5. The molecule has 16 nitrogen and oxygen atoms in total. The predicted octanol–water partition coefficient (Wildman–Crippen LogP) is -0.382. The Hall–Kier alpha value is -2.89. The van der Waals surface area contributed by atoms with Gasteiger partial charge in [0, 0.05) is 64.2 Å². The van der Waals surface area contributed by atoms with Crippen LogP contribution in [-0.4, -0.2) is 173 Å². The van der Waals surface area contributed by atoms with Gasteiger partial charge in [0.25, 0.3) is 0 Å². The lowest BCUT2D eigenvalue weighted by molar-refractivity contribution is -0.145. The molecule has 16 heteroatoms. The van der Waals surface area contributed by atoms with E-state index in [0.29, 0.717) is 13.2 Å². The first-order valence-electron chi connectivity index (χ1n) is 15.8. The number of nitrogens with one attached hydrogen (secondary N) is 1. The van der Waals surface area contributed by atoms with Gasteiger partial charge in [0.1, 0.15) is 6.04 Å². The number of aliphatic carboxylic acids is 4. The van der Waals surface area contributed by atoms with Gasteiger partial charge < -0.3 is 36.2 Å². The van der Waals surface area contributed by atoms with Gasteiger partial charge in [0.2, 0.25) is 5.91 Å². The van der Waals surface area contributed by atoms with Crippen molar-refractivity contribution in [1.29, 1.82) is 0 Å². The van der Waals surface area contributed by atoms with Crippen LogP contribution in [0.2, 0.25) is 0 Å². The van der Waals surface area contributed by atoms with Crippen molar-refractivity contribution in [1.82, 2.24) is 24.9 Å². The molecule has 1 rings (SSSR count). The fourth-order valence-corrected chi connectivity index (χ4v) is 4.76. The highest BCUT2D eigenvalue weighted by Gasteiger charge is 2.30. The summed E-state index contributed by atoms with van der Waals surface area (Å²) in [6.07, 6.45) is -0.115. The lowest BCUT2D eigenvalue weighted by atomic mass is 9.95. The average Bonchev–Trinajstić information content (AvgIpc) is 2.93. The van der Waals surface area contributed by atoms with Crippen LogP contribution in [0.15, 0.2) is 0 Å². The number of rotatable bonds is 17. The van der Waals surface area contributed by atoms with Crippen molar-refractivity contribution in [2.24, 2.45) is 11.1 Å². The summed E-state index contributed by atoms with van der Waals surface area (Å²) in [7, 11) is 0. The van der Waals surface area contributed by atoms with Crippen LogP contribution in [0.3, 0.4) is 0 Å². The van der Waals surface area contributed by atoms with E-state index in [1.807, 2.05) is 27.7 Å². The Bertz CT molecular complexity index is 932. The van der Waals surface area contributed by atoms with E-state index in [1.165, 1.54) is 0 Å². The maximum atomic E-state index is 12.9. The number of ether oxygens (including phenoxy) is 1. The summed E-state index contributed by atoms with van der Waals surface area (Å²) in [4.78, 5) is 66.1. The van der Waals surface area contributed by atoms with Crippen molar-refractivity contribution >= 4 is 29.8 Å². The number of carbonyl (C=O) groups is 5. The zero-order chi connectivity index (χ0) is 35.5. The maximum absolute atomic E-state index is 12.9. The second-order valence-electron chi connectivity index (χ2n) is 12.7. The molecule has 0 aliphatic carbocycles.